The van der Waals surface area contributed by atoms with Gasteiger partial charge in [0.25, 0.3) is 0 Å². The van der Waals surface area contributed by atoms with Gasteiger partial charge in [-0.15, -0.1) is 0 Å². The van der Waals surface area contributed by atoms with Gasteiger partial charge in [0, 0.05) is 12.1 Å². The molecule has 0 aromatic heterocycles. The molecule has 1 aliphatic carbocycles. The van der Waals surface area contributed by atoms with Gasteiger partial charge >= 0.3 is 0 Å². The van der Waals surface area contributed by atoms with Crippen LogP contribution in [0.5, 0.6) is 0 Å². The Morgan fingerprint density at radius 2 is 2.11 bits per heavy atom. The minimum absolute atomic E-state index is 0.182. The summed E-state index contributed by atoms with van der Waals surface area (Å²) in [6.45, 7) is 2.12. The van der Waals surface area contributed by atoms with E-state index in [1.807, 2.05) is 6.92 Å². The lowest BCUT2D eigenvalue weighted by molar-refractivity contribution is 0.213. The molecule has 0 saturated heterocycles. The Bertz CT molecular complexity index is 562. The summed E-state index contributed by atoms with van der Waals surface area (Å²) in [7, 11) is -3.83. The van der Waals surface area contributed by atoms with Gasteiger partial charge in [0.05, 0.1) is 0 Å². The zero-order valence-electron chi connectivity index (χ0n) is 10.9. The molecule has 3 N–H and O–H groups in total. The van der Waals surface area contributed by atoms with Gasteiger partial charge in [-0.05, 0) is 43.4 Å². The fraction of sp³-hybridized carbons (Fsp3) is 0.538. The van der Waals surface area contributed by atoms with E-state index >= 15 is 0 Å². The monoisotopic (exact) mass is 286 g/mol. The Labute approximate surface area is 113 Å². The van der Waals surface area contributed by atoms with Crippen LogP contribution >= 0.6 is 0 Å². The van der Waals surface area contributed by atoms with Crippen molar-refractivity contribution in [2.24, 2.45) is 5.73 Å². The highest BCUT2D eigenvalue weighted by atomic mass is 32.2. The maximum atomic E-state index is 13.7. The van der Waals surface area contributed by atoms with Crippen LogP contribution < -0.4 is 10.5 Å². The Morgan fingerprint density at radius 3 is 2.58 bits per heavy atom. The number of sulfonamides is 1. The summed E-state index contributed by atoms with van der Waals surface area (Å²) in [6.07, 6.45) is 3.33. The van der Waals surface area contributed by atoms with E-state index in [-0.39, 0.29) is 11.4 Å². The smallest absolute Gasteiger partial charge is 0.243 e. The Kier molecular flexibility index (Phi) is 3.94. The van der Waals surface area contributed by atoms with E-state index in [1.54, 1.807) is 0 Å². The molecule has 0 amide bonds. The fourth-order valence-electron chi connectivity index (χ4n) is 2.35. The quantitative estimate of drug-likeness (QED) is 0.868. The molecule has 4 nitrogen and oxygen atoms in total. The number of nitrogens with two attached hydrogens (primary N) is 1. The van der Waals surface area contributed by atoms with E-state index in [0.717, 1.165) is 25.3 Å². The molecule has 0 unspecified atom stereocenters. The molecule has 0 aliphatic heterocycles. The zero-order chi connectivity index (χ0) is 14.1. The highest BCUT2D eigenvalue weighted by Gasteiger charge is 2.39. The van der Waals surface area contributed by atoms with Gasteiger partial charge in [-0.2, -0.15) is 0 Å². The molecule has 2 rings (SSSR count). The Balaban J connectivity index is 2.34. The van der Waals surface area contributed by atoms with Crippen molar-refractivity contribution in [3.63, 3.8) is 0 Å². The standard InChI is InChI=1S/C13H19FN2O2S/c1-2-13(6-3-7-13)16-19(17,18)12-8-10(9-15)4-5-11(12)14/h4-5,8,16H,2-3,6-7,9,15H2,1H3. The van der Waals surface area contributed by atoms with Crippen LogP contribution in [0.1, 0.15) is 38.2 Å². The summed E-state index contributed by atoms with van der Waals surface area (Å²) in [6, 6.07) is 3.95. The lowest BCUT2D eigenvalue weighted by atomic mass is 9.76. The first-order valence-corrected chi connectivity index (χ1v) is 7.93. The van der Waals surface area contributed by atoms with E-state index in [2.05, 4.69) is 4.72 Å². The first-order valence-electron chi connectivity index (χ1n) is 6.45. The van der Waals surface area contributed by atoms with E-state index in [1.165, 1.54) is 12.1 Å². The second-order valence-electron chi connectivity index (χ2n) is 5.06. The molecule has 0 bridgehead atoms. The van der Waals surface area contributed by atoms with Crippen molar-refractivity contribution >= 4 is 10.0 Å². The van der Waals surface area contributed by atoms with E-state index < -0.39 is 21.4 Å². The van der Waals surface area contributed by atoms with Crippen LogP contribution in [-0.2, 0) is 16.6 Å². The SMILES string of the molecule is CCC1(NS(=O)(=O)c2cc(CN)ccc2F)CCC1. The molecule has 0 heterocycles. The molecule has 106 valence electrons. The van der Waals surface area contributed by atoms with Crippen molar-refractivity contribution in [3.05, 3.63) is 29.6 Å². The van der Waals surface area contributed by atoms with Gasteiger partial charge < -0.3 is 5.73 Å². The number of nitrogens with one attached hydrogen (secondary N) is 1. The second kappa shape index (κ2) is 5.19. The van der Waals surface area contributed by atoms with Crippen molar-refractivity contribution in [2.45, 2.75) is 49.6 Å². The van der Waals surface area contributed by atoms with Crippen molar-refractivity contribution in [3.8, 4) is 0 Å². The third kappa shape index (κ3) is 2.80. The molecular formula is C13H19FN2O2S. The van der Waals surface area contributed by atoms with Gasteiger partial charge in [-0.3, -0.25) is 0 Å². The minimum atomic E-state index is -3.83. The summed E-state index contributed by atoms with van der Waals surface area (Å²) >= 11 is 0. The van der Waals surface area contributed by atoms with E-state index in [4.69, 9.17) is 5.73 Å². The normalized spacial score (nSPS) is 18.1. The number of halogens is 1. The lowest BCUT2D eigenvalue weighted by Crippen LogP contribution is -2.52. The maximum absolute atomic E-state index is 13.7. The van der Waals surface area contributed by atoms with Crippen LogP contribution in [0.15, 0.2) is 23.1 Å². The van der Waals surface area contributed by atoms with Crippen LogP contribution in [0.2, 0.25) is 0 Å². The average molecular weight is 286 g/mol. The van der Waals surface area contributed by atoms with Gasteiger partial charge in [0.1, 0.15) is 10.7 Å². The van der Waals surface area contributed by atoms with Crippen LogP contribution in [0.4, 0.5) is 4.39 Å². The third-order valence-electron chi connectivity index (χ3n) is 3.86. The van der Waals surface area contributed by atoms with E-state index in [0.29, 0.717) is 12.0 Å². The van der Waals surface area contributed by atoms with Crippen LogP contribution in [0, 0.1) is 5.82 Å². The predicted molar refractivity (Wildman–Crippen MR) is 71.5 cm³/mol. The molecule has 0 atom stereocenters. The maximum Gasteiger partial charge on any atom is 0.243 e. The van der Waals surface area contributed by atoms with Crippen LogP contribution in [-0.4, -0.2) is 14.0 Å². The van der Waals surface area contributed by atoms with Crippen molar-refractivity contribution in [1.29, 1.82) is 0 Å². The Hall–Kier alpha value is -0.980. The summed E-state index contributed by atoms with van der Waals surface area (Å²) in [5.74, 6) is -0.740. The minimum Gasteiger partial charge on any atom is -0.326 e. The van der Waals surface area contributed by atoms with Crippen molar-refractivity contribution in [1.82, 2.24) is 4.72 Å². The third-order valence-corrected chi connectivity index (χ3v) is 5.45. The predicted octanol–water partition coefficient (Wildman–Crippen LogP) is 1.90. The summed E-state index contributed by atoms with van der Waals surface area (Å²) in [5.41, 5.74) is 5.66. The Morgan fingerprint density at radius 1 is 1.42 bits per heavy atom. The molecular weight excluding hydrogens is 267 g/mol. The molecule has 1 saturated carbocycles. The highest BCUT2D eigenvalue weighted by molar-refractivity contribution is 7.89. The molecule has 19 heavy (non-hydrogen) atoms. The zero-order valence-corrected chi connectivity index (χ0v) is 11.8. The van der Waals surface area contributed by atoms with Crippen molar-refractivity contribution < 1.29 is 12.8 Å². The summed E-state index contributed by atoms with van der Waals surface area (Å²) in [5, 5.41) is 0. The molecule has 1 aliphatic rings. The van der Waals surface area contributed by atoms with Gasteiger partial charge in [0.15, 0.2) is 0 Å². The number of rotatable bonds is 5. The summed E-state index contributed by atoms with van der Waals surface area (Å²) in [4.78, 5) is -0.310. The summed E-state index contributed by atoms with van der Waals surface area (Å²) < 4.78 is 41.0. The highest BCUT2D eigenvalue weighted by Crippen LogP contribution is 2.36. The van der Waals surface area contributed by atoms with Crippen LogP contribution in [0.25, 0.3) is 0 Å². The molecule has 0 radical (unpaired) electrons. The lowest BCUT2D eigenvalue weighted by Gasteiger charge is -2.41. The van der Waals surface area contributed by atoms with Crippen LogP contribution in [0.3, 0.4) is 0 Å². The average Bonchev–Trinajstić information content (AvgIpc) is 2.34. The first kappa shape index (κ1) is 14.4. The number of hydrogen-bond acceptors (Lipinski definition) is 3. The number of hydrogen-bond donors (Lipinski definition) is 2. The van der Waals surface area contributed by atoms with Gasteiger partial charge in [0.2, 0.25) is 10.0 Å². The molecule has 1 fully saturated rings. The molecule has 1 aromatic rings. The number of benzene rings is 1. The topological polar surface area (TPSA) is 72.2 Å². The van der Waals surface area contributed by atoms with E-state index in [9.17, 15) is 12.8 Å². The fourth-order valence-corrected chi connectivity index (χ4v) is 4.01. The van der Waals surface area contributed by atoms with Gasteiger partial charge in [-0.25, -0.2) is 17.5 Å². The molecule has 6 heteroatoms. The van der Waals surface area contributed by atoms with Gasteiger partial charge in [-0.1, -0.05) is 13.0 Å². The molecule has 1 aromatic carbocycles. The second-order valence-corrected chi connectivity index (χ2v) is 6.71. The molecule has 0 spiro atoms. The first-order chi connectivity index (χ1) is 8.92. The largest absolute Gasteiger partial charge is 0.326 e. The van der Waals surface area contributed by atoms with Crippen molar-refractivity contribution in [2.75, 3.05) is 0 Å².